The minimum absolute atomic E-state index is 0.236. The van der Waals surface area contributed by atoms with Crippen molar-refractivity contribution in [3.8, 4) is 0 Å². The Kier molecular flexibility index (Phi) is 4.28. The summed E-state index contributed by atoms with van der Waals surface area (Å²) in [6.07, 6.45) is -0.236. The van der Waals surface area contributed by atoms with Crippen molar-refractivity contribution in [1.29, 1.82) is 0 Å². The summed E-state index contributed by atoms with van der Waals surface area (Å²) in [7, 11) is 0. The lowest BCUT2D eigenvalue weighted by molar-refractivity contribution is 0.0105. The Morgan fingerprint density at radius 2 is 2.05 bits per heavy atom. The highest BCUT2D eigenvalue weighted by Gasteiger charge is 2.33. The van der Waals surface area contributed by atoms with Crippen LogP contribution >= 0.6 is 15.9 Å². The van der Waals surface area contributed by atoms with Crippen LogP contribution in [0.25, 0.3) is 0 Å². The number of likely N-dealkylation sites (tertiary alicyclic amines) is 1. The number of ether oxygens (including phenoxy) is 1. The summed E-state index contributed by atoms with van der Waals surface area (Å²) in [5.41, 5.74) is 1.84. The molecule has 1 aromatic rings. The van der Waals surface area contributed by atoms with E-state index in [0.717, 1.165) is 10.2 Å². The molecule has 0 bridgehead atoms. The van der Waals surface area contributed by atoms with Gasteiger partial charge in [-0.3, -0.25) is 0 Å². The monoisotopic (exact) mass is 340 g/mol. The fourth-order valence-corrected chi connectivity index (χ4v) is 2.34. The molecule has 0 atom stereocenters. The summed E-state index contributed by atoms with van der Waals surface area (Å²) in [4.78, 5) is 13.5. The minimum atomic E-state index is -0.433. The first-order chi connectivity index (χ1) is 9.24. The lowest BCUT2D eigenvalue weighted by Crippen LogP contribution is -2.57. The summed E-state index contributed by atoms with van der Waals surface area (Å²) < 4.78 is 6.42. The third-order valence-electron chi connectivity index (χ3n) is 3.08. The Morgan fingerprint density at radius 3 is 2.60 bits per heavy atom. The van der Waals surface area contributed by atoms with Gasteiger partial charge in [0, 0.05) is 23.2 Å². The van der Waals surface area contributed by atoms with Crippen LogP contribution in [0.4, 0.5) is 10.5 Å². The predicted molar refractivity (Wildman–Crippen MR) is 84.1 cm³/mol. The molecule has 0 unspecified atom stereocenters. The van der Waals surface area contributed by atoms with Crippen LogP contribution in [-0.2, 0) is 4.74 Å². The lowest BCUT2D eigenvalue weighted by Gasteiger charge is -2.40. The largest absolute Gasteiger partial charge is 0.444 e. The van der Waals surface area contributed by atoms with E-state index < -0.39 is 5.60 Å². The molecule has 1 heterocycles. The number of amides is 1. The van der Waals surface area contributed by atoms with E-state index in [1.807, 2.05) is 20.8 Å². The molecule has 1 aliphatic rings. The van der Waals surface area contributed by atoms with Crippen molar-refractivity contribution < 1.29 is 9.53 Å². The zero-order valence-electron chi connectivity index (χ0n) is 12.4. The number of carbonyl (C=O) groups is 1. The van der Waals surface area contributed by atoms with Crippen LogP contribution < -0.4 is 5.32 Å². The maximum Gasteiger partial charge on any atom is 0.410 e. The summed E-state index contributed by atoms with van der Waals surface area (Å²) in [5.74, 6) is 0. The van der Waals surface area contributed by atoms with Gasteiger partial charge in [0.15, 0.2) is 0 Å². The first kappa shape index (κ1) is 15.2. The Morgan fingerprint density at radius 1 is 1.40 bits per heavy atom. The molecule has 4 nitrogen and oxygen atoms in total. The number of anilines is 1. The van der Waals surface area contributed by atoms with Crippen molar-refractivity contribution in [3.05, 3.63) is 28.2 Å². The molecule has 0 spiro atoms. The molecule has 5 heteroatoms. The van der Waals surface area contributed by atoms with E-state index in [4.69, 9.17) is 4.74 Å². The normalized spacial score (nSPS) is 15.8. The number of hydrogen-bond acceptors (Lipinski definition) is 3. The molecule has 1 aromatic carbocycles. The second-order valence-electron chi connectivity index (χ2n) is 6.19. The molecule has 0 aliphatic carbocycles. The second-order valence-corrected chi connectivity index (χ2v) is 7.04. The number of rotatable bonds is 2. The Labute approximate surface area is 128 Å². The van der Waals surface area contributed by atoms with E-state index in [2.05, 4.69) is 46.4 Å². The number of aryl methyl sites for hydroxylation is 1. The average molecular weight is 341 g/mol. The molecule has 1 fully saturated rings. The smallest absolute Gasteiger partial charge is 0.410 e. The Hall–Kier alpha value is -1.23. The molecular weight excluding hydrogens is 320 g/mol. The van der Waals surface area contributed by atoms with E-state index in [9.17, 15) is 4.79 Å². The molecule has 2 rings (SSSR count). The maximum absolute atomic E-state index is 11.8. The number of benzene rings is 1. The summed E-state index contributed by atoms with van der Waals surface area (Å²) in [6, 6.07) is 6.47. The van der Waals surface area contributed by atoms with Gasteiger partial charge in [-0.1, -0.05) is 22.0 Å². The van der Waals surface area contributed by atoms with Crippen molar-refractivity contribution in [2.45, 2.75) is 39.3 Å². The van der Waals surface area contributed by atoms with E-state index in [0.29, 0.717) is 13.1 Å². The van der Waals surface area contributed by atoms with E-state index >= 15 is 0 Å². The van der Waals surface area contributed by atoms with Crippen LogP contribution in [0, 0.1) is 6.92 Å². The standard InChI is InChI=1S/C15H21BrN2O2/c1-10-5-6-11(7-13(10)16)17-12-8-18(9-12)14(19)20-15(2,3)4/h5-7,12,17H,8-9H2,1-4H3. The molecule has 0 saturated carbocycles. The van der Waals surface area contributed by atoms with Crippen LogP contribution in [0.2, 0.25) is 0 Å². The quantitative estimate of drug-likeness (QED) is 0.890. The highest BCUT2D eigenvalue weighted by atomic mass is 79.9. The summed E-state index contributed by atoms with van der Waals surface area (Å²) >= 11 is 3.52. The van der Waals surface area contributed by atoms with Crippen molar-refractivity contribution in [2.75, 3.05) is 18.4 Å². The van der Waals surface area contributed by atoms with Gasteiger partial charge in [-0.25, -0.2) is 4.79 Å². The van der Waals surface area contributed by atoms with Crippen molar-refractivity contribution in [3.63, 3.8) is 0 Å². The first-order valence-electron chi connectivity index (χ1n) is 6.75. The van der Waals surface area contributed by atoms with Crippen LogP contribution in [0.15, 0.2) is 22.7 Å². The predicted octanol–water partition coefficient (Wildman–Crippen LogP) is 3.79. The van der Waals surface area contributed by atoms with Gasteiger partial charge in [-0.2, -0.15) is 0 Å². The third-order valence-corrected chi connectivity index (χ3v) is 3.93. The highest BCUT2D eigenvalue weighted by Crippen LogP contribution is 2.23. The van der Waals surface area contributed by atoms with Crippen LogP contribution in [0.5, 0.6) is 0 Å². The SMILES string of the molecule is Cc1ccc(NC2CN(C(=O)OC(C)(C)C)C2)cc1Br. The van der Waals surface area contributed by atoms with Gasteiger partial charge in [0.05, 0.1) is 6.04 Å². The number of nitrogens with one attached hydrogen (secondary N) is 1. The number of hydrogen-bond donors (Lipinski definition) is 1. The van der Waals surface area contributed by atoms with E-state index in [-0.39, 0.29) is 12.1 Å². The van der Waals surface area contributed by atoms with E-state index in [1.165, 1.54) is 5.56 Å². The number of nitrogens with zero attached hydrogens (tertiary/aromatic N) is 1. The number of halogens is 1. The third kappa shape index (κ3) is 3.88. The Bertz CT molecular complexity index is 505. The van der Waals surface area contributed by atoms with Gasteiger partial charge in [0.25, 0.3) is 0 Å². The summed E-state index contributed by atoms with van der Waals surface area (Å²) in [6.45, 7) is 9.06. The van der Waals surface area contributed by atoms with Crippen LogP contribution in [0.3, 0.4) is 0 Å². The van der Waals surface area contributed by atoms with Gasteiger partial charge in [0.1, 0.15) is 5.60 Å². The molecule has 20 heavy (non-hydrogen) atoms. The van der Waals surface area contributed by atoms with Crippen molar-refractivity contribution in [2.24, 2.45) is 0 Å². The molecule has 0 radical (unpaired) electrons. The van der Waals surface area contributed by atoms with E-state index in [1.54, 1.807) is 4.90 Å². The molecule has 0 aromatic heterocycles. The second kappa shape index (κ2) is 5.64. The molecule has 1 N–H and O–H groups in total. The van der Waals surface area contributed by atoms with Gasteiger partial charge >= 0.3 is 6.09 Å². The first-order valence-corrected chi connectivity index (χ1v) is 7.54. The summed E-state index contributed by atoms with van der Waals surface area (Å²) in [5, 5.41) is 3.41. The topological polar surface area (TPSA) is 41.6 Å². The number of carbonyl (C=O) groups excluding carboxylic acids is 1. The molecular formula is C15H21BrN2O2. The van der Waals surface area contributed by atoms with Crippen molar-refractivity contribution >= 4 is 27.7 Å². The highest BCUT2D eigenvalue weighted by molar-refractivity contribution is 9.10. The molecule has 1 saturated heterocycles. The molecule has 1 aliphatic heterocycles. The van der Waals surface area contributed by atoms with Crippen LogP contribution in [0.1, 0.15) is 26.3 Å². The lowest BCUT2D eigenvalue weighted by atomic mass is 10.1. The fraction of sp³-hybridized carbons (Fsp3) is 0.533. The zero-order chi connectivity index (χ0) is 14.9. The molecule has 1 amide bonds. The van der Waals surface area contributed by atoms with Gasteiger partial charge in [-0.05, 0) is 45.4 Å². The maximum atomic E-state index is 11.8. The van der Waals surface area contributed by atoms with Crippen molar-refractivity contribution in [1.82, 2.24) is 4.90 Å². The van der Waals surface area contributed by atoms with Gasteiger partial charge in [-0.15, -0.1) is 0 Å². The van der Waals surface area contributed by atoms with Gasteiger partial charge < -0.3 is 15.0 Å². The fourth-order valence-electron chi connectivity index (χ4n) is 1.96. The average Bonchev–Trinajstić information content (AvgIpc) is 2.25. The van der Waals surface area contributed by atoms with Crippen LogP contribution in [-0.4, -0.2) is 35.7 Å². The van der Waals surface area contributed by atoms with Gasteiger partial charge in [0.2, 0.25) is 0 Å². The Balaban J connectivity index is 1.82. The minimum Gasteiger partial charge on any atom is -0.444 e. The molecule has 110 valence electrons. The zero-order valence-corrected chi connectivity index (χ0v) is 14.0.